The first-order valence-corrected chi connectivity index (χ1v) is 7.98. The molecule has 2 heterocycles. The Balaban J connectivity index is 1.55. The number of amides is 1. The zero-order chi connectivity index (χ0) is 12.6. The quantitative estimate of drug-likeness (QED) is 0.789. The second-order valence-electron chi connectivity index (χ2n) is 6.36. The number of hydrogen-bond donors (Lipinski definition) is 1. The third kappa shape index (κ3) is 2.55. The molecule has 3 nitrogen and oxygen atoms in total. The molecule has 2 saturated heterocycles. The van der Waals surface area contributed by atoms with Crippen molar-refractivity contribution in [3.63, 3.8) is 0 Å². The standard InChI is InChI=1S/C14H24N2OS/c17-13(9-14(11-18)4-5-14)16-8-7-15-6-2-1-3-12(15)10-16/h12,18H,1-11H2. The number of nitrogens with zero attached hydrogens (tertiary/aromatic N) is 2. The number of piperazine rings is 1. The summed E-state index contributed by atoms with van der Waals surface area (Å²) in [5.74, 6) is 1.26. The van der Waals surface area contributed by atoms with Crippen LogP contribution >= 0.6 is 12.6 Å². The molecule has 0 radical (unpaired) electrons. The average molecular weight is 268 g/mol. The van der Waals surface area contributed by atoms with Crippen LogP contribution in [0, 0.1) is 5.41 Å². The molecule has 1 amide bonds. The van der Waals surface area contributed by atoms with Crippen molar-refractivity contribution in [2.75, 3.05) is 31.9 Å². The van der Waals surface area contributed by atoms with Gasteiger partial charge in [0.05, 0.1) is 0 Å². The second kappa shape index (κ2) is 5.04. The summed E-state index contributed by atoms with van der Waals surface area (Å²) < 4.78 is 0. The van der Waals surface area contributed by atoms with Gasteiger partial charge in [-0.05, 0) is 43.4 Å². The van der Waals surface area contributed by atoms with Crippen molar-refractivity contribution in [3.05, 3.63) is 0 Å². The van der Waals surface area contributed by atoms with Crippen LogP contribution in [0.3, 0.4) is 0 Å². The van der Waals surface area contributed by atoms with Gasteiger partial charge >= 0.3 is 0 Å². The summed E-state index contributed by atoms with van der Waals surface area (Å²) in [6, 6.07) is 0.641. The van der Waals surface area contributed by atoms with Crippen molar-refractivity contribution in [2.45, 2.75) is 44.6 Å². The first kappa shape index (κ1) is 12.8. The summed E-state index contributed by atoms with van der Waals surface area (Å²) in [5.41, 5.74) is 0.268. The molecule has 1 unspecified atom stereocenters. The van der Waals surface area contributed by atoms with Crippen LogP contribution in [0.5, 0.6) is 0 Å². The van der Waals surface area contributed by atoms with E-state index in [1.807, 2.05) is 0 Å². The molecule has 0 aromatic heterocycles. The van der Waals surface area contributed by atoms with Crippen molar-refractivity contribution >= 4 is 18.5 Å². The van der Waals surface area contributed by atoms with Crippen molar-refractivity contribution in [2.24, 2.45) is 5.41 Å². The van der Waals surface area contributed by atoms with Gasteiger partial charge in [0.15, 0.2) is 0 Å². The second-order valence-corrected chi connectivity index (χ2v) is 6.68. The van der Waals surface area contributed by atoms with E-state index in [-0.39, 0.29) is 5.41 Å². The van der Waals surface area contributed by atoms with E-state index in [4.69, 9.17) is 0 Å². The molecule has 102 valence electrons. The fourth-order valence-electron chi connectivity index (χ4n) is 3.38. The maximum Gasteiger partial charge on any atom is 0.223 e. The van der Waals surface area contributed by atoms with Crippen molar-refractivity contribution < 1.29 is 4.79 Å². The Morgan fingerprint density at radius 3 is 2.78 bits per heavy atom. The lowest BCUT2D eigenvalue weighted by atomic mass is 9.98. The summed E-state index contributed by atoms with van der Waals surface area (Å²) in [6.07, 6.45) is 7.10. The SMILES string of the molecule is O=C(CC1(CS)CC1)N1CCN2CCCCC2C1. The first-order valence-electron chi connectivity index (χ1n) is 7.35. The van der Waals surface area contributed by atoms with Gasteiger partial charge in [-0.25, -0.2) is 0 Å². The van der Waals surface area contributed by atoms with Crippen molar-refractivity contribution in [1.29, 1.82) is 0 Å². The van der Waals surface area contributed by atoms with Crippen LogP contribution in [0.2, 0.25) is 0 Å². The molecule has 0 bridgehead atoms. The van der Waals surface area contributed by atoms with Crippen LogP contribution in [0.15, 0.2) is 0 Å². The van der Waals surface area contributed by atoms with Gasteiger partial charge in [-0.3, -0.25) is 9.69 Å². The molecule has 3 fully saturated rings. The highest BCUT2D eigenvalue weighted by Gasteiger charge is 2.44. The molecule has 1 aliphatic carbocycles. The highest BCUT2D eigenvalue weighted by molar-refractivity contribution is 7.80. The number of carbonyl (C=O) groups excluding carboxylic acids is 1. The molecule has 0 spiro atoms. The molecule has 0 N–H and O–H groups in total. The number of carbonyl (C=O) groups is 1. The molecule has 2 aliphatic heterocycles. The topological polar surface area (TPSA) is 23.6 Å². The Morgan fingerprint density at radius 2 is 2.06 bits per heavy atom. The van der Waals surface area contributed by atoms with Crippen LogP contribution in [-0.2, 0) is 4.79 Å². The van der Waals surface area contributed by atoms with E-state index in [2.05, 4.69) is 22.4 Å². The van der Waals surface area contributed by atoms with Gasteiger partial charge in [-0.1, -0.05) is 6.42 Å². The van der Waals surface area contributed by atoms with E-state index in [0.29, 0.717) is 11.9 Å². The fraction of sp³-hybridized carbons (Fsp3) is 0.929. The van der Waals surface area contributed by atoms with E-state index in [1.165, 1.54) is 38.6 Å². The molecule has 3 rings (SSSR count). The summed E-state index contributed by atoms with van der Waals surface area (Å²) >= 11 is 4.40. The first-order chi connectivity index (χ1) is 8.72. The van der Waals surface area contributed by atoms with Crippen LogP contribution in [0.25, 0.3) is 0 Å². The van der Waals surface area contributed by atoms with E-state index < -0.39 is 0 Å². The maximum atomic E-state index is 12.4. The molecule has 1 atom stereocenters. The maximum absolute atomic E-state index is 12.4. The molecule has 18 heavy (non-hydrogen) atoms. The van der Waals surface area contributed by atoms with E-state index in [1.54, 1.807) is 0 Å². The summed E-state index contributed by atoms with van der Waals surface area (Å²) in [4.78, 5) is 17.1. The van der Waals surface area contributed by atoms with E-state index in [0.717, 1.165) is 31.8 Å². The number of piperidine rings is 1. The van der Waals surface area contributed by atoms with Gasteiger partial charge in [-0.15, -0.1) is 0 Å². The van der Waals surface area contributed by atoms with Crippen LogP contribution in [0.1, 0.15) is 38.5 Å². The molecule has 3 aliphatic rings. The van der Waals surface area contributed by atoms with E-state index in [9.17, 15) is 4.79 Å². The zero-order valence-electron chi connectivity index (χ0n) is 11.1. The van der Waals surface area contributed by atoms with Crippen LogP contribution in [-0.4, -0.2) is 53.7 Å². The summed E-state index contributed by atoms with van der Waals surface area (Å²) in [6.45, 7) is 4.25. The Morgan fingerprint density at radius 1 is 1.22 bits per heavy atom. The molecule has 1 saturated carbocycles. The predicted molar refractivity (Wildman–Crippen MR) is 75.9 cm³/mol. The largest absolute Gasteiger partial charge is 0.340 e. The van der Waals surface area contributed by atoms with Gasteiger partial charge in [-0.2, -0.15) is 12.6 Å². The highest BCUT2D eigenvalue weighted by Crippen LogP contribution is 2.49. The number of hydrogen-bond acceptors (Lipinski definition) is 3. The summed E-state index contributed by atoms with van der Waals surface area (Å²) in [7, 11) is 0. The van der Waals surface area contributed by atoms with Gasteiger partial charge in [0.2, 0.25) is 5.91 Å². The predicted octanol–water partition coefficient (Wildman–Crippen LogP) is 1.78. The number of fused-ring (bicyclic) bond motifs is 1. The Bertz CT molecular complexity index is 330. The van der Waals surface area contributed by atoms with Gasteiger partial charge in [0.25, 0.3) is 0 Å². The Labute approximate surface area is 115 Å². The fourth-order valence-corrected chi connectivity index (χ4v) is 3.81. The summed E-state index contributed by atoms with van der Waals surface area (Å²) in [5, 5.41) is 0. The zero-order valence-corrected chi connectivity index (χ0v) is 12.0. The molecular formula is C14H24N2OS. The van der Waals surface area contributed by atoms with Crippen molar-refractivity contribution in [3.8, 4) is 0 Å². The third-order valence-electron chi connectivity index (χ3n) is 5.01. The Hall–Kier alpha value is -0.220. The smallest absolute Gasteiger partial charge is 0.223 e. The van der Waals surface area contributed by atoms with Gasteiger partial charge in [0.1, 0.15) is 0 Å². The molecule has 0 aromatic carbocycles. The molecular weight excluding hydrogens is 244 g/mol. The molecule has 4 heteroatoms. The minimum Gasteiger partial charge on any atom is -0.340 e. The van der Waals surface area contributed by atoms with Crippen LogP contribution in [0.4, 0.5) is 0 Å². The van der Waals surface area contributed by atoms with Gasteiger partial charge in [0, 0.05) is 32.1 Å². The van der Waals surface area contributed by atoms with E-state index >= 15 is 0 Å². The van der Waals surface area contributed by atoms with Crippen molar-refractivity contribution in [1.82, 2.24) is 9.80 Å². The molecule has 0 aromatic rings. The normalized spacial score (nSPS) is 30.9. The highest BCUT2D eigenvalue weighted by atomic mass is 32.1. The van der Waals surface area contributed by atoms with Gasteiger partial charge < -0.3 is 4.90 Å². The lowest BCUT2D eigenvalue weighted by Gasteiger charge is -2.44. The average Bonchev–Trinajstić information content (AvgIpc) is 3.18. The lowest BCUT2D eigenvalue weighted by Crippen LogP contribution is -2.56. The minimum atomic E-state index is 0.268. The number of thiol groups is 1. The Kier molecular flexibility index (Phi) is 3.59. The van der Waals surface area contributed by atoms with Crippen LogP contribution < -0.4 is 0 Å². The minimum absolute atomic E-state index is 0.268. The lowest BCUT2D eigenvalue weighted by molar-refractivity contribution is -0.135. The third-order valence-corrected chi connectivity index (χ3v) is 5.68. The monoisotopic (exact) mass is 268 g/mol. The number of rotatable bonds is 3.